The fraction of sp³-hybridized carbons (Fsp3) is 1.00. The summed E-state index contributed by atoms with van der Waals surface area (Å²) >= 11 is 0. The third kappa shape index (κ3) is 5.04. The Morgan fingerprint density at radius 2 is 1.47 bits per heavy atom. The smallest absolute Gasteiger partial charge is 0.212 e. The molecule has 4 nitrogen and oxygen atoms in total. The van der Waals surface area contributed by atoms with Crippen molar-refractivity contribution in [1.29, 1.82) is 0 Å². The van der Waals surface area contributed by atoms with Crippen LogP contribution < -0.4 is 10.0 Å². The monoisotopic (exact) mass is 288 g/mol. The molecule has 0 spiro atoms. The molecule has 0 atom stereocenters. The lowest BCUT2D eigenvalue weighted by molar-refractivity contribution is 0.340. The fourth-order valence-electron chi connectivity index (χ4n) is 3.47. The van der Waals surface area contributed by atoms with E-state index in [1.165, 1.54) is 19.3 Å². The summed E-state index contributed by atoms with van der Waals surface area (Å²) in [5, 5.41) is 3.28. The van der Waals surface area contributed by atoms with E-state index in [4.69, 9.17) is 0 Å². The Morgan fingerprint density at radius 3 is 2.05 bits per heavy atom. The van der Waals surface area contributed by atoms with Crippen LogP contribution in [0.1, 0.15) is 57.8 Å². The molecule has 0 radical (unpaired) electrons. The van der Waals surface area contributed by atoms with E-state index in [9.17, 15) is 8.42 Å². The molecule has 0 amide bonds. The van der Waals surface area contributed by atoms with Crippen LogP contribution in [-0.2, 0) is 10.0 Å². The van der Waals surface area contributed by atoms with Crippen molar-refractivity contribution < 1.29 is 8.42 Å². The lowest BCUT2D eigenvalue weighted by Gasteiger charge is -2.29. The zero-order valence-electron chi connectivity index (χ0n) is 12.0. The number of hydrogen-bond acceptors (Lipinski definition) is 3. The summed E-state index contributed by atoms with van der Waals surface area (Å²) in [5.41, 5.74) is 0. The first kappa shape index (κ1) is 15.3. The van der Waals surface area contributed by atoms with Gasteiger partial charge < -0.3 is 5.32 Å². The molecule has 0 saturated heterocycles. The van der Waals surface area contributed by atoms with E-state index in [1.807, 2.05) is 7.05 Å². The van der Waals surface area contributed by atoms with Gasteiger partial charge in [0.15, 0.2) is 0 Å². The molecule has 0 aliphatic heterocycles. The second kappa shape index (κ2) is 7.04. The number of nitrogens with one attached hydrogen (secondary N) is 2. The van der Waals surface area contributed by atoms with E-state index in [0.717, 1.165) is 38.5 Å². The summed E-state index contributed by atoms with van der Waals surface area (Å²) in [6.45, 7) is 0. The van der Waals surface area contributed by atoms with Gasteiger partial charge in [-0.2, -0.15) is 0 Å². The van der Waals surface area contributed by atoms with Crippen molar-refractivity contribution in [2.24, 2.45) is 5.92 Å². The van der Waals surface area contributed by atoms with Crippen LogP contribution in [-0.4, -0.2) is 33.3 Å². The van der Waals surface area contributed by atoms with Crippen molar-refractivity contribution in [2.75, 3.05) is 12.8 Å². The quantitative estimate of drug-likeness (QED) is 0.813. The van der Waals surface area contributed by atoms with Crippen molar-refractivity contribution in [1.82, 2.24) is 10.0 Å². The Hall–Kier alpha value is -0.130. The van der Waals surface area contributed by atoms with Gasteiger partial charge in [-0.25, -0.2) is 13.1 Å². The molecule has 2 fully saturated rings. The van der Waals surface area contributed by atoms with Gasteiger partial charge in [0.25, 0.3) is 0 Å². The van der Waals surface area contributed by atoms with Gasteiger partial charge in [0.2, 0.25) is 10.0 Å². The molecule has 0 bridgehead atoms. The topological polar surface area (TPSA) is 58.2 Å². The Labute approximate surface area is 117 Å². The fourth-order valence-corrected chi connectivity index (χ4v) is 5.26. The van der Waals surface area contributed by atoms with Crippen LogP contribution >= 0.6 is 0 Å². The van der Waals surface area contributed by atoms with Gasteiger partial charge in [-0.3, -0.25) is 0 Å². The largest absolute Gasteiger partial charge is 0.317 e. The van der Waals surface area contributed by atoms with Gasteiger partial charge in [-0.1, -0.05) is 19.3 Å². The average Bonchev–Trinajstić information content (AvgIpc) is 2.39. The zero-order valence-corrected chi connectivity index (χ0v) is 12.8. The summed E-state index contributed by atoms with van der Waals surface area (Å²) in [4.78, 5) is 0. The highest BCUT2D eigenvalue weighted by molar-refractivity contribution is 7.89. The predicted octanol–water partition coefficient (Wildman–Crippen LogP) is 2.02. The molecule has 19 heavy (non-hydrogen) atoms. The molecule has 0 aromatic carbocycles. The zero-order chi connectivity index (χ0) is 13.7. The molecule has 112 valence electrons. The van der Waals surface area contributed by atoms with Crippen LogP contribution in [0.25, 0.3) is 0 Å². The normalized spacial score (nSPS) is 30.4. The molecule has 0 unspecified atom stereocenters. The van der Waals surface area contributed by atoms with Crippen molar-refractivity contribution in [3.05, 3.63) is 0 Å². The predicted molar refractivity (Wildman–Crippen MR) is 78.6 cm³/mol. The molecule has 0 aromatic rings. The highest BCUT2D eigenvalue weighted by atomic mass is 32.2. The first-order valence-corrected chi connectivity index (χ1v) is 9.41. The molecule has 2 aliphatic rings. The van der Waals surface area contributed by atoms with E-state index >= 15 is 0 Å². The van der Waals surface area contributed by atoms with Crippen LogP contribution in [0.3, 0.4) is 0 Å². The lowest BCUT2D eigenvalue weighted by Crippen LogP contribution is -2.43. The molecule has 0 aromatic heterocycles. The Bertz CT molecular complexity index is 356. The van der Waals surface area contributed by atoms with E-state index in [1.54, 1.807) is 0 Å². The average molecular weight is 288 g/mol. The SMILES string of the molecule is CNC1CCC(NS(=O)(=O)CC2CCCCC2)CC1. The minimum absolute atomic E-state index is 0.165. The summed E-state index contributed by atoms with van der Waals surface area (Å²) in [6, 6.07) is 0.734. The highest BCUT2D eigenvalue weighted by Gasteiger charge is 2.26. The molecule has 0 heterocycles. The van der Waals surface area contributed by atoms with Gasteiger partial charge in [0.1, 0.15) is 0 Å². The van der Waals surface area contributed by atoms with Crippen molar-refractivity contribution >= 4 is 10.0 Å². The lowest BCUT2D eigenvalue weighted by atomic mass is 9.91. The van der Waals surface area contributed by atoms with Crippen LogP contribution in [0.4, 0.5) is 0 Å². The first-order valence-electron chi connectivity index (χ1n) is 7.76. The summed E-state index contributed by atoms with van der Waals surface area (Å²) in [5.74, 6) is 0.735. The minimum atomic E-state index is -3.08. The summed E-state index contributed by atoms with van der Waals surface area (Å²) in [7, 11) is -1.09. The van der Waals surface area contributed by atoms with Crippen molar-refractivity contribution in [3.8, 4) is 0 Å². The van der Waals surface area contributed by atoms with Crippen LogP contribution in [0.5, 0.6) is 0 Å². The maximum absolute atomic E-state index is 12.2. The van der Waals surface area contributed by atoms with Crippen molar-refractivity contribution in [2.45, 2.75) is 69.9 Å². The molecule has 5 heteroatoms. The second-order valence-electron chi connectivity index (χ2n) is 6.24. The van der Waals surface area contributed by atoms with E-state index in [0.29, 0.717) is 17.7 Å². The van der Waals surface area contributed by atoms with Gasteiger partial charge in [0.05, 0.1) is 5.75 Å². The third-order valence-electron chi connectivity index (χ3n) is 4.66. The molecule has 2 rings (SSSR count). The number of sulfonamides is 1. The standard InChI is InChI=1S/C14H28N2O2S/c1-15-13-7-9-14(10-8-13)16-19(17,18)11-12-5-3-2-4-6-12/h12-16H,2-11H2,1H3. The molecular weight excluding hydrogens is 260 g/mol. The molecule has 2 N–H and O–H groups in total. The number of rotatable bonds is 5. The summed E-state index contributed by atoms with van der Waals surface area (Å²) in [6.07, 6.45) is 9.95. The van der Waals surface area contributed by atoms with Crippen LogP contribution in [0.15, 0.2) is 0 Å². The maximum Gasteiger partial charge on any atom is 0.212 e. The minimum Gasteiger partial charge on any atom is -0.317 e. The van der Waals surface area contributed by atoms with Gasteiger partial charge in [-0.15, -0.1) is 0 Å². The van der Waals surface area contributed by atoms with Crippen LogP contribution in [0.2, 0.25) is 0 Å². The molecule has 2 aliphatic carbocycles. The molecular formula is C14H28N2O2S. The van der Waals surface area contributed by atoms with Crippen LogP contribution in [0, 0.1) is 5.92 Å². The van der Waals surface area contributed by atoms with E-state index in [2.05, 4.69) is 10.0 Å². The van der Waals surface area contributed by atoms with Gasteiger partial charge in [-0.05, 0) is 51.5 Å². The first-order chi connectivity index (χ1) is 9.09. The Balaban J connectivity index is 1.77. The second-order valence-corrected chi connectivity index (χ2v) is 8.04. The van der Waals surface area contributed by atoms with E-state index in [-0.39, 0.29) is 6.04 Å². The van der Waals surface area contributed by atoms with Crippen molar-refractivity contribution in [3.63, 3.8) is 0 Å². The summed E-state index contributed by atoms with van der Waals surface area (Å²) < 4.78 is 27.3. The highest BCUT2D eigenvalue weighted by Crippen LogP contribution is 2.25. The number of hydrogen-bond donors (Lipinski definition) is 2. The maximum atomic E-state index is 12.2. The van der Waals surface area contributed by atoms with Gasteiger partial charge >= 0.3 is 0 Å². The molecule has 2 saturated carbocycles. The Kier molecular flexibility index (Phi) is 5.66. The van der Waals surface area contributed by atoms with E-state index < -0.39 is 10.0 Å². The Morgan fingerprint density at radius 1 is 0.895 bits per heavy atom. The van der Waals surface area contributed by atoms with Gasteiger partial charge in [0, 0.05) is 12.1 Å². The third-order valence-corrected chi connectivity index (χ3v) is 6.26.